The monoisotopic (exact) mass is 341 g/mol. The Morgan fingerprint density at radius 3 is 2.68 bits per heavy atom. The van der Waals surface area contributed by atoms with Gasteiger partial charge in [-0.25, -0.2) is 4.79 Å². The van der Waals surface area contributed by atoms with Gasteiger partial charge >= 0.3 is 6.09 Å². The largest absolute Gasteiger partial charge is 0.444 e. The van der Waals surface area contributed by atoms with Crippen molar-refractivity contribution in [1.29, 1.82) is 5.41 Å². The van der Waals surface area contributed by atoms with Crippen LogP contribution in [0, 0.1) is 5.41 Å². The first-order chi connectivity index (χ1) is 11.7. The number of amides is 1. The standard InChI is InChI=1S/C18H23N5O2/c1-18(2,3)25-17(24)21-11-13(19)9-14(20)16-10-15(22-23-16)12-7-5-4-6-8-12/h4-10,20H,11,19H2,1-3H3,(H,21,24)(H,22,23)/b13-9-,20-14?. The molecule has 0 aliphatic heterocycles. The third kappa shape index (κ3) is 5.80. The second kappa shape index (κ2) is 7.65. The van der Waals surface area contributed by atoms with Crippen LogP contribution in [0.4, 0.5) is 4.79 Å². The summed E-state index contributed by atoms with van der Waals surface area (Å²) in [6.45, 7) is 5.44. The van der Waals surface area contributed by atoms with Crippen LogP contribution in [0.1, 0.15) is 26.5 Å². The van der Waals surface area contributed by atoms with Crippen molar-refractivity contribution < 1.29 is 9.53 Å². The summed E-state index contributed by atoms with van der Waals surface area (Å²) in [6, 6.07) is 11.4. The molecule has 7 nitrogen and oxygen atoms in total. The van der Waals surface area contributed by atoms with E-state index in [1.807, 2.05) is 30.3 Å². The van der Waals surface area contributed by atoms with Crippen molar-refractivity contribution in [2.24, 2.45) is 5.73 Å². The van der Waals surface area contributed by atoms with Crippen LogP contribution in [0.2, 0.25) is 0 Å². The van der Waals surface area contributed by atoms with Gasteiger partial charge in [-0.2, -0.15) is 5.10 Å². The topological polar surface area (TPSA) is 117 Å². The quantitative estimate of drug-likeness (QED) is 0.626. The molecule has 0 fully saturated rings. The van der Waals surface area contributed by atoms with Crippen molar-refractivity contribution >= 4 is 11.8 Å². The zero-order chi connectivity index (χ0) is 18.4. The normalized spacial score (nSPS) is 11.9. The minimum absolute atomic E-state index is 0.0942. The number of hydrogen-bond donors (Lipinski definition) is 4. The van der Waals surface area contributed by atoms with E-state index in [9.17, 15) is 4.79 Å². The molecule has 5 N–H and O–H groups in total. The lowest BCUT2D eigenvalue weighted by Crippen LogP contribution is -2.34. The fraction of sp³-hybridized carbons (Fsp3) is 0.278. The molecule has 2 rings (SSSR count). The van der Waals surface area contributed by atoms with Gasteiger partial charge in [0.15, 0.2) is 0 Å². The van der Waals surface area contributed by atoms with Crippen LogP contribution in [-0.4, -0.2) is 34.1 Å². The third-order valence-corrected chi connectivity index (χ3v) is 3.10. The Labute approximate surface area is 146 Å². The zero-order valence-corrected chi connectivity index (χ0v) is 14.6. The van der Waals surface area contributed by atoms with Crippen molar-refractivity contribution in [3.05, 3.63) is 53.9 Å². The SMILES string of the molecule is CC(C)(C)OC(=O)NC/C(N)=C/C(=N)c1cc(-c2ccccc2)n[nH]1. The molecular formula is C18H23N5O2. The summed E-state index contributed by atoms with van der Waals surface area (Å²) >= 11 is 0. The predicted molar refractivity (Wildman–Crippen MR) is 97.4 cm³/mol. The molecule has 0 spiro atoms. The van der Waals surface area contributed by atoms with E-state index in [4.69, 9.17) is 15.9 Å². The number of aromatic nitrogens is 2. The Bertz CT molecular complexity index is 772. The van der Waals surface area contributed by atoms with Crippen LogP contribution in [0.3, 0.4) is 0 Å². The molecule has 1 aromatic heterocycles. The van der Waals surface area contributed by atoms with Crippen molar-refractivity contribution in [2.45, 2.75) is 26.4 Å². The molecule has 25 heavy (non-hydrogen) atoms. The van der Waals surface area contributed by atoms with Crippen LogP contribution < -0.4 is 11.1 Å². The maximum Gasteiger partial charge on any atom is 0.407 e. The van der Waals surface area contributed by atoms with E-state index in [0.29, 0.717) is 11.4 Å². The average Bonchev–Trinajstić information content (AvgIpc) is 3.02. The Balaban J connectivity index is 1.95. The highest BCUT2D eigenvalue weighted by Crippen LogP contribution is 2.17. The van der Waals surface area contributed by atoms with Gasteiger partial charge in [0, 0.05) is 11.3 Å². The average molecular weight is 341 g/mol. The number of nitrogens with one attached hydrogen (secondary N) is 3. The van der Waals surface area contributed by atoms with Gasteiger partial charge in [0.2, 0.25) is 0 Å². The van der Waals surface area contributed by atoms with Crippen LogP contribution in [0.5, 0.6) is 0 Å². The van der Waals surface area contributed by atoms with Crippen molar-refractivity contribution in [1.82, 2.24) is 15.5 Å². The van der Waals surface area contributed by atoms with Crippen LogP contribution in [0.15, 0.2) is 48.2 Å². The lowest BCUT2D eigenvalue weighted by atomic mass is 10.1. The third-order valence-electron chi connectivity index (χ3n) is 3.10. The van der Waals surface area contributed by atoms with E-state index >= 15 is 0 Å². The first kappa shape index (κ1) is 18.3. The summed E-state index contributed by atoms with van der Waals surface area (Å²) in [6.07, 6.45) is 0.919. The number of H-pyrrole nitrogens is 1. The number of alkyl carbamates (subject to hydrolysis) is 1. The van der Waals surface area contributed by atoms with Gasteiger partial charge in [0.05, 0.1) is 23.6 Å². The van der Waals surface area contributed by atoms with E-state index in [1.165, 1.54) is 6.08 Å². The van der Waals surface area contributed by atoms with E-state index < -0.39 is 11.7 Å². The first-order valence-electron chi connectivity index (χ1n) is 7.87. The van der Waals surface area contributed by atoms with Gasteiger partial charge in [0.25, 0.3) is 0 Å². The molecule has 1 amide bonds. The Hall–Kier alpha value is -3.09. The van der Waals surface area contributed by atoms with Crippen LogP contribution >= 0.6 is 0 Å². The minimum Gasteiger partial charge on any atom is -0.444 e. The fourth-order valence-electron chi connectivity index (χ4n) is 2.02. The maximum atomic E-state index is 11.6. The number of carbonyl (C=O) groups excluding carboxylic acids is 1. The van der Waals surface area contributed by atoms with Gasteiger partial charge in [-0.05, 0) is 32.9 Å². The summed E-state index contributed by atoms with van der Waals surface area (Å²) in [5, 5.41) is 17.7. The molecule has 1 aromatic carbocycles. The van der Waals surface area contributed by atoms with Crippen LogP contribution in [0.25, 0.3) is 11.3 Å². The zero-order valence-electron chi connectivity index (χ0n) is 14.6. The summed E-state index contributed by atoms with van der Waals surface area (Å²) in [5.74, 6) is 0. The molecule has 0 atom stereocenters. The van der Waals surface area contributed by atoms with Gasteiger partial charge in [-0.15, -0.1) is 0 Å². The number of rotatable bonds is 5. The summed E-state index contributed by atoms with van der Waals surface area (Å²) < 4.78 is 5.13. The number of benzene rings is 1. The second-order valence-electron chi connectivity index (χ2n) is 6.52. The van der Waals surface area contributed by atoms with E-state index in [0.717, 1.165) is 11.3 Å². The highest BCUT2D eigenvalue weighted by atomic mass is 16.6. The van der Waals surface area contributed by atoms with Crippen LogP contribution in [-0.2, 0) is 4.74 Å². The van der Waals surface area contributed by atoms with Gasteiger partial charge in [-0.1, -0.05) is 30.3 Å². The molecule has 0 saturated heterocycles. The fourth-order valence-corrected chi connectivity index (χ4v) is 2.02. The Morgan fingerprint density at radius 2 is 2.04 bits per heavy atom. The number of allylic oxidation sites excluding steroid dienone is 1. The molecule has 0 saturated carbocycles. The van der Waals surface area contributed by atoms with Gasteiger partial charge in [0.1, 0.15) is 5.60 Å². The van der Waals surface area contributed by atoms with E-state index in [2.05, 4.69) is 15.5 Å². The van der Waals surface area contributed by atoms with E-state index in [1.54, 1.807) is 26.8 Å². The van der Waals surface area contributed by atoms with Crippen molar-refractivity contribution in [3.8, 4) is 11.3 Å². The highest BCUT2D eigenvalue weighted by molar-refractivity contribution is 6.06. The predicted octanol–water partition coefficient (Wildman–Crippen LogP) is 2.81. The van der Waals surface area contributed by atoms with Gasteiger partial charge in [-0.3, -0.25) is 10.5 Å². The molecule has 132 valence electrons. The number of nitrogens with zero attached hydrogens (tertiary/aromatic N) is 1. The Morgan fingerprint density at radius 1 is 1.36 bits per heavy atom. The molecule has 1 heterocycles. The highest BCUT2D eigenvalue weighted by Gasteiger charge is 2.15. The number of carbonyl (C=O) groups is 1. The van der Waals surface area contributed by atoms with Crippen molar-refractivity contribution in [3.63, 3.8) is 0 Å². The summed E-state index contributed by atoms with van der Waals surface area (Å²) in [4.78, 5) is 11.6. The van der Waals surface area contributed by atoms with Crippen molar-refractivity contribution in [2.75, 3.05) is 6.54 Å². The van der Waals surface area contributed by atoms with Gasteiger partial charge < -0.3 is 15.8 Å². The minimum atomic E-state index is -0.570. The van der Waals surface area contributed by atoms with E-state index in [-0.39, 0.29) is 12.3 Å². The lowest BCUT2D eigenvalue weighted by molar-refractivity contribution is 0.0532. The Kier molecular flexibility index (Phi) is 5.59. The summed E-state index contributed by atoms with van der Waals surface area (Å²) in [5.41, 5.74) is 8.06. The molecule has 0 aliphatic carbocycles. The smallest absolute Gasteiger partial charge is 0.407 e. The molecule has 7 heteroatoms. The number of aromatic amines is 1. The molecular weight excluding hydrogens is 318 g/mol. The molecule has 0 aliphatic rings. The number of hydrogen-bond acceptors (Lipinski definition) is 5. The molecule has 0 bridgehead atoms. The maximum absolute atomic E-state index is 11.6. The lowest BCUT2D eigenvalue weighted by Gasteiger charge is -2.19. The number of nitrogens with two attached hydrogens (primary N) is 1. The molecule has 2 aromatic rings. The second-order valence-corrected chi connectivity index (χ2v) is 6.52. The number of ether oxygens (including phenoxy) is 1. The first-order valence-corrected chi connectivity index (χ1v) is 7.87. The molecule has 0 radical (unpaired) electrons. The molecule has 0 unspecified atom stereocenters. The summed E-state index contributed by atoms with van der Waals surface area (Å²) in [7, 11) is 0.